The number of rotatable bonds is 20. The first-order valence-corrected chi connectivity index (χ1v) is 14.9. The SMILES string of the molecule is CCCCCCCCCCCCCCCCSSC(CC)OS(C)(=O)=O. The van der Waals surface area contributed by atoms with E-state index in [1.54, 1.807) is 21.6 Å². The van der Waals surface area contributed by atoms with Gasteiger partial charge < -0.3 is 0 Å². The van der Waals surface area contributed by atoms with Gasteiger partial charge >= 0.3 is 0 Å². The molecule has 26 heavy (non-hydrogen) atoms. The summed E-state index contributed by atoms with van der Waals surface area (Å²) in [6.45, 7) is 4.23. The van der Waals surface area contributed by atoms with Gasteiger partial charge in [0.2, 0.25) is 0 Å². The summed E-state index contributed by atoms with van der Waals surface area (Å²) in [5.41, 5.74) is -0.248. The van der Waals surface area contributed by atoms with Crippen LogP contribution in [0.2, 0.25) is 0 Å². The summed E-state index contributed by atoms with van der Waals surface area (Å²) in [6.07, 6.45) is 21.1. The van der Waals surface area contributed by atoms with Crippen molar-refractivity contribution < 1.29 is 12.6 Å². The molecule has 0 spiro atoms. The lowest BCUT2D eigenvalue weighted by atomic mass is 10.0. The van der Waals surface area contributed by atoms with Crippen LogP contribution in [0.5, 0.6) is 0 Å². The molecule has 0 saturated carbocycles. The Morgan fingerprint density at radius 1 is 0.731 bits per heavy atom. The van der Waals surface area contributed by atoms with Crippen LogP contribution >= 0.6 is 21.6 Å². The summed E-state index contributed by atoms with van der Waals surface area (Å²) in [7, 11) is -0.0542. The highest BCUT2D eigenvalue weighted by atomic mass is 33.1. The molecule has 0 aromatic carbocycles. The van der Waals surface area contributed by atoms with E-state index in [-0.39, 0.29) is 5.44 Å². The Bertz CT molecular complexity index is 386. The molecule has 0 aliphatic carbocycles. The Kier molecular flexibility index (Phi) is 19.4. The fourth-order valence-electron chi connectivity index (χ4n) is 2.83. The molecule has 0 aromatic heterocycles. The maximum absolute atomic E-state index is 11.1. The second-order valence-corrected chi connectivity index (χ2v) is 11.4. The molecule has 1 unspecified atom stereocenters. The van der Waals surface area contributed by atoms with Crippen molar-refractivity contribution in [1.29, 1.82) is 0 Å². The van der Waals surface area contributed by atoms with Crippen molar-refractivity contribution in [3.63, 3.8) is 0 Å². The third kappa shape index (κ3) is 20.9. The lowest BCUT2D eigenvalue weighted by molar-refractivity contribution is 0.292. The molecular weight excluding hydrogens is 384 g/mol. The van der Waals surface area contributed by atoms with Crippen LogP contribution in [0.15, 0.2) is 0 Å². The molecule has 0 radical (unpaired) electrons. The minimum atomic E-state index is -3.34. The predicted molar refractivity (Wildman–Crippen MR) is 120 cm³/mol. The Morgan fingerprint density at radius 3 is 1.54 bits per heavy atom. The average Bonchev–Trinajstić information content (AvgIpc) is 2.59. The zero-order valence-electron chi connectivity index (χ0n) is 17.3. The Balaban J connectivity index is 3.24. The average molecular weight is 427 g/mol. The summed E-state index contributed by atoms with van der Waals surface area (Å²) in [4.78, 5) is 0. The van der Waals surface area contributed by atoms with Crippen LogP contribution < -0.4 is 0 Å². The Hall–Kier alpha value is 0.610. The van der Waals surface area contributed by atoms with Gasteiger partial charge in [0.15, 0.2) is 0 Å². The minimum absolute atomic E-state index is 0.248. The van der Waals surface area contributed by atoms with Crippen LogP contribution in [0.25, 0.3) is 0 Å². The second kappa shape index (κ2) is 18.9. The molecule has 0 saturated heterocycles. The number of hydrogen-bond donors (Lipinski definition) is 0. The van der Waals surface area contributed by atoms with Gasteiger partial charge in [0.05, 0.1) is 6.26 Å². The number of hydrogen-bond acceptors (Lipinski definition) is 5. The summed E-state index contributed by atoms with van der Waals surface area (Å²) >= 11 is 0. The molecule has 0 fully saturated rings. The summed E-state index contributed by atoms with van der Waals surface area (Å²) in [5, 5.41) is 0. The highest BCUT2D eigenvalue weighted by Crippen LogP contribution is 2.31. The highest BCUT2D eigenvalue weighted by Gasteiger charge is 2.14. The maximum Gasteiger partial charge on any atom is 0.265 e. The highest BCUT2D eigenvalue weighted by molar-refractivity contribution is 8.76. The largest absolute Gasteiger partial charge is 0.265 e. The van der Waals surface area contributed by atoms with Gasteiger partial charge in [-0.1, -0.05) is 119 Å². The van der Waals surface area contributed by atoms with Crippen LogP contribution in [0.1, 0.15) is 110 Å². The third-order valence-electron chi connectivity index (χ3n) is 4.37. The first kappa shape index (κ1) is 26.6. The van der Waals surface area contributed by atoms with E-state index in [0.717, 1.165) is 12.0 Å². The van der Waals surface area contributed by atoms with Gasteiger partial charge in [-0.25, -0.2) is 0 Å². The Labute approximate surface area is 171 Å². The molecule has 0 aliphatic heterocycles. The molecule has 158 valence electrons. The predicted octanol–water partition coefficient (Wildman–Crippen LogP) is 7.56. The molecule has 0 amide bonds. The van der Waals surface area contributed by atoms with Gasteiger partial charge in [0, 0.05) is 5.75 Å². The van der Waals surface area contributed by atoms with Crippen molar-refractivity contribution in [2.75, 3.05) is 12.0 Å². The smallest absolute Gasteiger partial charge is 0.255 e. The normalized spacial score (nSPS) is 13.2. The first-order valence-electron chi connectivity index (χ1n) is 10.7. The number of unbranched alkanes of at least 4 members (excludes halogenated alkanes) is 13. The first-order chi connectivity index (χ1) is 12.5. The van der Waals surface area contributed by atoms with Crippen LogP contribution in [0.4, 0.5) is 0 Å². The van der Waals surface area contributed by atoms with Crippen LogP contribution in [0.3, 0.4) is 0 Å². The van der Waals surface area contributed by atoms with Gasteiger partial charge in [-0.3, -0.25) is 4.18 Å². The van der Waals surface area contributed by atoms with Crippen LogP contribution in [-0.2, 0) is 14.3 Å². The summed E-state index contributed by atoms with van der Waals surface area (Å²) in [6, 6.07) is 0. The van der Waals surface area contributed by atoms with E-state index in [2.05, 4.69) is 6.92 Å². The monoisotopic (exact) mass is 426 g/mol. The molecule has 3 nitrogen and oxygen atoms in total. The maximum atomic E-state index is 11.1. The van der Waals surface area contributed by atoms with E-state index in [1.807, 2.05) is 6.92 Å². The van der Waals surface area contributed by atoms with Crippen molar-refractivity contribution in [3.05, 3.63) is 0 Å². The second-order valence-electron chi connectivity index (χ2n) is 7.15. The molecule has 0 N–H and O–H groups in total. The van der Waals surface area contributed by atoms with E-state index >= 15 is 0 Å². The van der Waals surface area contributed by atoms with Crippen molar-refractivity contribution >= 4 is 31.7 Å². The van der Waals surface area contributed by atoms with E-state index in [4.69, 9.17) is 4.18 Å². The standard InChI is InChI=1S/C20H42O3S3/c1-4-6-7-8-9-10-11-12-13-14-15-16-17-18-19-24-25-20(5-2)23-26(3,21)22/h20H,4-19H2,1-3H3. The van der Waals surface area contributed by atoms with E-state index < -0.39 is 10.1 Å². The molecule has 0 heterocycles. The van der Waals surface area contributed by atoms with Crippen molar-refractivity contribution in [3.8, 4) is 0 Å². The van der Waals surface area contributed by atoms with Gasteiger partial charge in [0.1, 0.15) is 5.44 Å². The Morgan fingerprint density at radius 2 is 1.15 bits per heavy atom. The fourth-order valence-corrected chi connectivity index (χ4v) is 6.41. The molecule has 0 bridgehead atoms. The fraction of sp³-hybridized carbons (Fsp3) is 1.00. The van der Waals surface area contributed by atoms with Crippen molar-refractivity contribution in [1.82, 2.24) is 0 Å². The van der Waals surface area contributed by atoms with Gasteiger partial charge in [-0.15, -0.1) is 0 Å². The van der Waals surface area contributed by atoms with Crippen molar-refractivity contribution in [2.24, 2.45) is 0 Å². The quantitative estimate of drug-likeness (QED) is 0.0869. The minimum Gasteiger partial charge on any atom is -0.255 e. The third-order valence-corrected chi connectivity index (χ3v) is 7.86. The molecule has 0 aliphatic rings. The van der Waals surface area contributed by atoms with E-state index in [9.17, 15) is 8.42 Å². The zero-order chi connectivity index (χ0) is 19.5. The summed E-state index contributed by atoms with van der Waals surface area (Å²) in [5.74, 6) is 1.08. The molecule has 0 rings (SSSR count). The van der Waals surface area contributed by atoms with Gasteiger partial charge in [-0.05, 0) is 12.8 Å². The van der Waals surface area contributed by atoms with E-state index in [1.165, 1.54) is 89.9 Å². The van der Waals surface area contributed by atoms with Gasteiger partial charge in [-0.2, -0.15) is 8.42 Å². The van der Waals surface area contributed by atoms with Crippen LogP contribution in [-0.4, -0.2) is 25.9 Å². The molecule has 6 heteroatoms. The zero-order valence-corrected chi connectivity index (χ0v) is 19.8. The van der Waals surface area contributed by atoms with Crippen LogP contribution in [0, 0.1) is 0 Å². The topological polar surface area (TPSA) is 43.4 Å². The summed E-state index contributed by atoms with van der Waals surface area (Å²) < 4.78 is 27.3. The lowest BCUT2D eigenvalue weighted by Gasteiger charge is -2.12. The lowest BCUT2D eigenvalue weighted by Crippen LogP contribution is -2.12. The molecule has 0 aromatic rings. The molecule has 1 atom stereocenters. The van der Waals surface area contributed by atoms with E-state index in [0.29, 0.717) is 6.42 Å². The molecular formula is C20H42O3S3. The van der Waals surface area contributed by atoms with Gasteiger partial charge in [0.25, 0.3) is 10.1 Å². The van der Waals surface area contributed by atoms with Crippen molar-refractivity contribution in [2.45, 2.75) is 116 Å².